The predicted molar refractivity (Wildman–Crippen MR) is 95.5 cm³/mol. The van der Waals surface area contributed by atoms with Gasteiger partial charge in [0.15, 0.2) is 0 Å². The summed E-state index contributed by atoms with van der Waals surface area (Å²) in [5, 5.41) is 1.29. The van der Waals surface area contributed by atoms with Crippen LogP contribution in [-0.2, 0) is 17.1 Å². The van der Waals surface area contributed by atoms with E-state index in [4.69, 9.17) is 23.2 Å². The monoisotopic (exact) mass is 353 g/mol. The first-order chi connectivity index (χ1) is 10.6. The number of rotatable bonds is 6. The van der Waals surface area contributed by atoms with E-state index in [-0.39, 0.29) is 5.91 Å². The zero-order valence-corrected chi connectivity index (χ0v) is 14.6. The van der Waals surface area contributed by atoms with Crippen molar-refractivity contribution in [3.8, 4) is 0 Å². The average Bonchev–Trinajstić information content (AvgIpc) is 2.51. The number of hydrogen-bond acceptors (Lipinski definition) is 2. The molecule has 0 aliphatic carbocycles. The summed E-state index contributed by atoms with van der Waals surface area (Å²) in [5.41, 5.74) is 2.01. The van der Waals surface area contributed by atoms with Crippen LogP contribution < -0.4 is 0 Å². The second-order valence-corrected chi connectivity index (χ2v) is 6.73. The first-order valence-corrected chi connectivity index (χ1v) is 8.77. The summed E-state index contributed by atoms with van der Waals surface area (Å²) in [6.45, 7) is 0.618. The molecular weight excluding hydrogens is 337 g/mol. The Morgan fingerprint density at radius 3 is 2.32 bits per heavy atom. The maximum Gasteiger partial charge on any atom is 0.232 e. The van der Waals surface area contributed by atoms with Gasteiger partial charge in [0.25, 0.3) is 0 Å². The van der Waals surface area contributed by atoms with E-state index in [1.54, 1.807) is 4.90 Å². The Hall–Kier alpha value is -1.16. The van der Waals surface area contributed by atoms with Crippen molar-refractivity contribution in [2.45, 2.75) is 12.3 Å². The highest BCUT2D eigenvalue weighted by molar-refractivity contribution is 7.99. The number of thioether (sulfide) groups is 1. The predicted octanol–water partition coefficient (Wildman–Crippen LogP) is 4.89. The number of carbonyl (C=O) groups is 1. The average molecular weight is 354 g/mol. The van der Waals surface area contributed by atoms with E-state index >= 15 is 0 Å². The fourth-order valence-electron chi connectivity index (χ4n) is 1.97. The molecule has 2 nitrogen and oxygen atoms in total. The molecule has 0 saturated carbocycles. The van der Waals surface area contributed by atoms with Gasteiger partial charge >= 0.3 is 0 Å². The number of carbonyl (C=O) groups excluding carboxylic acids is 1. The summed E-state index contributed by atoms with van der Waals surface area (Å²) in [4.78, 5) is 13.9. The van der Waals surface area contributed by atoms with E-state index in [0.717, 1.165) is 11.1 Å². The normalized spacial score (nSPS) is 10.5. The van der Waals surface area contributed by atoms with Crippen LogP contribution in [0.1, 0.15) is 11.1 Å². The third-order valence-corrected chi connectivity index (χ3v) is 4.87. The van der Waals surface area contributed by atoms with Gasteiger partial charge in [-0.3, -0.25) is 4.79 Å². The second-order valence-electron chi connectivity index (χ2n) is 4.93. The molecule has 1 amide bonds. The lowest BCUT2D eigenvalue weighted by molar-refractivity contribution is -0.127. The standard InChI is InChI=1S/C17H17Cl2NOS/c1-20(10-13-6-3-2-4-7-13)17(21)12-22-11-14-15(18)8-5-9-16(14)19/h2-9H,10-12H2,1H3. The van der Waals surface area contributed by atoms with Crippen molar-refractivity contribution in [3.63, 3.8) is 0 Å². The fraction of sp³-hybridized carbons (Fsp3) is 0.235. The van der Waals surface area contributed by atoms with Crippen molar-refractivity contribution in [1.82, 2.24) is 4.90 Å². The molecule has 2 aromatic rings. The Bertz CT molecular complexity index is 614. The van der Waals surface area contributed by atoms with Gasteiger partial charge in [-0.15, -0.1) is 11.8 Å². The quantitative estimate of drug-likeness (QED) is 0.737. The van der Waals surface area contributed by atoms with Crippen LogP contribution in [0.5, 0.6) is 0 Å². The number of halogens is 2. The van der Waals surface area contributed by atoms with Gasteiger partial charge in [-0.25, -0.2) is 0 Å². The van der Waals surface area contributed by atoms with E-state index in [2.05, 4.69) is 0 Å². The summed E-state index contributed by atoms with van der Waals surface area (Å²) in [5.74, 6) is 1.13. The topological polar surface area (TPSA) is 20.3 Å². The maximum atomic E-state index is 12.1. The van der Waals surface area contributed by atoms with Crippen molar-refractivity contribution in [1.29, 1.82) is 0 Å². The minimum atomic E-state index is 0.0945. The largest absolute Gasteiger partial charge is 0.341 e. The highest BCUT2D eigenvalue weighted by Gasteiger charge is 2.11. The summed E-state index contributed by atoms with van der Waals surface area (Å²) in [7, 11) is 1.82. The van der Waals surface area contributed by atoms with Crippen molar-refractivity contribution in [2.75, 3.05) is 12.8 Å². The third-order valence-electron chi connectivity index (χ3n) is 3.22. The molecule has 0 aliphatic rings. The molecule has 2 rings (SSSR count). The smallest absolute Gasteiger partial charge is 0.232 e. The minimum absolute atomic E-state index is 0.0945. The van der Waals surface area contributed by atoms with Gasteiger partial charge in [0.1, 0.15) is 0 Å². The molecule has 0 unspecified atom stereocenters. The number of amides is 1. The van der Waals surface area contributed by atoms with E-state index in [1.165, 1.54) is 11.8 Å². The molecule has 0 spiro atoms. The Morgan fingerprint density at radius 1 is 1.05 bits per heavy atom. The van der Waals surface area contributed by atoms with Gasteiger partial charge in [0, 0.05) is 29.4 Å². The van der Waals surface area contributed by atoms with Crippen LogP contribution >= 0.6 is 35.0 Å². The number of hydrogen-bond donors (Lipinski definition) is 0. The molecule has 0 aliphatic heterocycles. The number of nitrogens with zero attached hydrogens (tertiary/aromatic N) is 1. The lowest BCUT2D eigenvalue weighted by Crippen LogP contribution is -2.27. The molecule has 0 atom stereocenters. The lowest BCUT2D eigenvalue weighted by atomic mass is 10.2. The van der Waals surface area contributed by atoms with Crippen LogP contribution in [0.25, 0.3) is 0 Å². The van der Waals surface area contributed by atoms with E-state index in [9.17, 15) is 4.79 Å². The summed E-state index contributed by atoms with van der Waals surface area (Å²) >= 11 is 13.8. The molecule has 0 radical (unpaired) electrons. The molecule has 2 aromatic carbocycles. The highest BCUT2D eigenvalue weighted by atomic mass is 35.5. The second kappa shape index (κ2) is 8.47. The molecule has 0 N–H and O–H groups in total. The summed E-state index contributed by atoms with van der Waals surface area (Å²) in [6, 6.07) is 15.4. The van der Waals surface area contributed by atoms with E-state index in [0.29, 0.717) is 28.1 Å². The first kappa shape index (κ1) is 17.2. The van der Waals surface area contributed by atoms with Gasteiger partial charge in [-0.1, -0.05) is 59.6 Å². The molecule has 0 aromatic heterocycles. The van der Waals surface area contributed by atoms with Crippen LogP contribution in [0.2, 0.25) is 10.0 Å². The Balaban J connectivity index is 1.82. The van der Waals surface area contributed by atoms with Gasteiger partial charge in [0.2, 0.25) is 5.91 Å². The van der Waals surface area contributed by atoms with Gasteiger partial charge in [0.05, 0.1) is 5.75 Å². The van der Waals surface area contributed by atoms with E-state index < -0.39 is 0 Å². The summed E-state index contributed by atoms with van der Waals surface area (Å²) < 4.78 is 0. The molecule has 22 heavy (non-hydrogen) atoms. The lowest BCUT2D eigenvalue weighted by Gasteiger charge is -2.17. The zero-order chi connectivity index (χ0) is 15.9. The van der Waals surface area contributed by atoms with Crippen LogP contribution in [0.15, 0.2) is 48.5 Å². The van der Waals surface area contributed by atoms with Crippen LogP contribution in [0, 0.1) is 0 Å². The SMILES string of the molecule is CN(Cc1ccccc1)C(=O)CSCc1c(Cl)cccc1Cl. The summed E-state index contributed by atoms with van der Waals surface area (Å²) in [6.07, 6.45) is 0. The molecule has 0 heterocycles. The van der Waals surface area contributed by atoms with Crippen LogP contribution in [0.3, 0.4) is 0 Å². The molecular formula is C17H17Cl2NOS. The van der Waals surface area contributed by atoms with Gasteiger partial charge in [-0.2, -0.15) is 0 Å². The first-order valence-electron chi connectivity index (χ1n) is 6.86. The van der Waals surface area contributed by atoms with E-state index in [1.807, 2.05) is 55.6 Å². The molecule has 0 fully saturated rings. The van der Waals surface area contributed by atoms with Crippen molar-refractivity contribution in [3.05, 3.63) is 69.7 Å². The third kappa shape index (κ3) is 4.94. The molecule has 5 heteroatoms. The maximum absolute atomic E-state index is 12.1. The minimum Gasteiger partial charge on any atom is -0.341 e. The van der Waals surface area contributed by atoms with Crippen LogP contribution in [-0.4, -0.2) is 23.6 Å². The van der Waals surface area contributed by atoms with Crippen molar-refractivity contribution >= 4 is 40.9 Å². The van der Waals surface area contributed by atoms with Crippen molar-refractivity contribution < 1.29 is 4.79 Å². The van der Waals surface area contributed by atoms with Gasteiger partial charge in [-0.05, 0) is 23.3 Å². The fourth-order valence-corrected chi connectivity index (χ4v) is 3.67. The zero-order valence-electron chi connectivity index (χ0n) is 12.3. The van der Waals surface area contributed by atoms with Gasteiger partial charge < -0.3 is 4.90 Å². The Kier molecular flexibility index (Phi) is 6.62. The van der Waals surface area contributed by atoms with Crippen LogP contribution in [0.4, 0.5) is 0 Å². The molecule has 116 valence electrons. The number of benzene rings is 2. The highest BCUT2D eigenvalue weighted by Crippen LogP contribution is 2.28. The Morgan fingerprint density at radius 2 is 1.68 bits per heavy atom. The molecule has 0 saturated heterocycles. The Labute approximate surface area is 145 Å². The van der Waals surface area contributed by atoms with Crippen molar-refractivity contribution in [2.24, 2.45) is 0 Å². The molecule has 0 bridgehead atoms.